The van der Waals surface area contributed by atoms with Crippen LogP contribution in [0.2, 0.25) is 0 Å². The van der Waals surface area contributed by atoms with Crippen molar-refractivity contribution in [3.8, 4) is 11.5 Å². The minimum atomic E-state index is 0.639. The van der Waals surface area contributed by atoms with E-state index in [1.165, 1.54) is 25.9 Å². The van der Waals surface area contributed by atoms with Gasteiger partial charge >= 0.3 is 0 Å². The van der Waals surface area contributed by atoms with Crippen LogP contribution in [0.25, 0.3) is 5.65 Å². The summed E-state index contributed by atoms with van der Waals surface area (Å²) >= 11 is 0. The molecule has 1 N–H and O–H groups in total. The van der Waals surface area contributed by atoms with Crippen molar-refractivity contribution in [3.63, 3.8) is 0 Å². The van der Waals surface area contributed by atoms with Crippen LogP contribution >= 0.6 is 0 Å². The molecular formula is C20H25N5O2. The van der Waals surface area contributed by atoms with E-state index in [9.17, 15) is 0 Å². The number of nitrogens with one attached hydrogen (secondary N) is 1. The maximum absolute atomic E-state index is 5.98. The summed E-state index contributed by atoms with van der Waals surface area (Å²) in [6.45, 7) is 4.17. The van der Waals surface area contributed by atoms with Crippen molar-refractivity contribution in [2.75, 3.05) is 38.7 Å². The van der Waals surface area contributed by atoms with Gasteiger partial charge in [0.1, 0.15) is 17.3 Å². The monoisotopic (exact) mass is 367 g/mol. The van der Waals surface area contributed by atoms with Gasteiger partial charge in [-0.2, -0.15) is 0 Å². The molecule has 1 aliphatic heterocycles. The zero-order valence-corrected chi connectivity index (χ0v) is 15.6. The maximum Gasteiger partial charge on any atom is 0.179 e. The summed E-state index contributed by atoms with van der Waals surface area (Å²) in [7, 11) is 1.63. The fourth-order valence-corrected chi connectivity index (χ4v) is 3.39. The first-order valence-electron chi connectivity index (χ1n) is 9.42. The van der Waals surface area contributed by atoms with Gasteiger partial charge in [0.2, 0.25) is 0 Å². The van der Waals surface area contributed by atoms with Crippen molar-refractivity contribution in [2.24, 2.45) is 0 Å². The van der Waals surface area contributed by atoms with Gasteiger partial charge in [0, 0.05) is 18.8 Å². The predicted octanol–water partition coefficient (Wildman–Crippen LogP) is 3.35. The van der Waals surface area contributed by atoms with Gasteiger partial charge in [-0.25, -0.2) is 9.97 Å². The number of pyridine rings is 2. The highest BCUT2D eigenvalue weighted by atomic mass is 16.5. The van der Waals surface area contributed by atoms with E-state index >= 15 is 0 Å². The average Bonchev–Trinajstić information content (AvgIpc) is 3.36. The molecule has 27 heavy (non-hydrogen) atoms. The summed E-state index contributed by atoms with van der Waals surface area (Å²) in [5.74, 6) is 2.88. The molecule has 0 aromatic carbocycles. The van der Waals surface area contributed by atoms with Crippen molar-refractivity contribution in [1.82, 2.24) is 19.3 Å². The van der Waals surface area contributed by atoms with E-state index in [0.29, 0.717) is 23.9 Å². The van der Waals surface area contributed by atoms with Gasteiger partial charge in [0.25, 0.3) is 0 Å². The first-order chi connectivity index (χ1) is 13.3. The second kappa shape index (κ2) is 8.26. The van der Waals surface area contributed by atoms with Crippen LogP contribution in [0.4, 0.5) is 11.6 Å². The molecule has 4 rings (SSSR count). The normalized spacial score (nSPS) is 14.6. The lowest BCUT2D eigenvalue weighted by Crippen LogP contribution is -2.21. The van der Waals surface area contributed by atoms with Gasteiger partial charge in [-0.15, -0.1) is 0 Å². The number of aromatic nitrogens is 3. The minimum absolute atomic E-state index is 0.639. The lowest BCUT2D eigenvalue weighted by atomic mass is 10.3. The number of hydrogen-bond acceptors (Lipinski definition) is 6. The quantitative estimate of drug-likeness (QED) is 0.616. The number of hydrogen-bond donors (Lipinski definition) is 1. The van der Waals surface area contributed by atoms with Gasteiger partial charge in [0.15, 0.2) is 11.5 Å². The number of methoxy groups -OCH3 is 1. The summed E-state index contributed by atoms with van der Waals surface area (Å²) in [6, 6.07) is 7.76. The maximum atomic E-state index is 5.98. The van der Waals surface area contributed by atoms with Crippen molar-refractivity contribution in [3.05, 3.63) is 42.9 Å². The Balaban J connectivity index is 1.42. The highest BCUT2D eigenvalue weighted by molar-refractivity contribution is 5.60. The van der Waals surface area contributed by atoms with Crippen molar-refractivity contribution in [1.29, 1.82) is 0 Å². The topological polar surface area (TPSA) is 63.9 Å². The minimum Gasteiger partial charge on any atom is -0.491 e. The third-order valence-corrected chi connectivity index (χ3v) is 4.80. The molecule has 1 fully saturated rings. The molecule has 0 unspecified atom stereocenters. The Kier molecular flexibility index (Phi) is 5.39. The number of ether oxygens (including phenoxy) is 2. The van der Waals surface area contributed by atoms with Crippen LogP contribution in [0.5, 0.6) is 11.5 Å². The van der Waals surface area contributed by atoms with Crippen LogP contribution in [0, 0.1) is 0 Å². The Bertz CT molecular complexity index is 889. The molecule has 3 aromatic rings. The van der Waals surface area contributed by atoms with E-state index in [0.717, 1.165) is 24.4 Å². The standard InChI is InChI=1S/C20H25N5O2/c1-26-17-14-21-18(23-20-15-22-19-7-2-3-11-25(19)20)13-16(17)27-12-6-10-24-8-4-5-9-24/h2-3,7,11,13-15H,4-6,8-10,12H2,1H3,(H,21,23). The second-order valence-electron chi connectivity index (χ2n) is 6.67. The molecular weight excluding hydrogens is 342 g/mol. The third-order valence-electron chi connectivity index (χ3n) is 4.80. The third kappa shape index (κ3) is 4.14. The first kappa shape index (κ1) is 17.6. The summed E-state index contributed by atoms with van der Waals surface area (Å²) in [5.41, 5.74) is 0.881. The number of rotatable bonds is 8. The second-order valence-corrected chi connectivity index (χ2v) is 6.67. The zero-order chi connectivity index (χ0) is 18.5. The van der Waals surface area contributed by atoms with Crippen molar-refractivity contribution >= 4 is 17.3 Å². The van der Waals surface area contributed by atoms with Gasteiger partial charge in [-0.3, -0.25) is 4.40 Å². The SMILES string of the molecule is COc1cnc(Nc2cnc3ccccn23)cc1OCCCN1CCCC1. The molecule has 1 saturated heterocycles. The fourth-order valence-electron chi connectivity index (χ4n) is 3.39. The van der Waals surface area contributed by atoms with Crippen LogP contribution in [0.15, 0.2) is 42.9 Å². The van der Waals surface area contributed by atoms with Gasteiger partial charge in [0.05, 0.1) is 26.1 Å². The van der Waals surface area contributed by atoms with Crippen molar-refractivity contribution < 1.29 is 9.47 Å². The number of anilines is 2. The Labute approximate surface area is 158 Å². The summed E-state index contributed by atoms with van der Waals surface area (Å²) in [6.07, 6.45) is 9.07. The summed E-state index contributed by atoms with van der Waals surface area (Å²) in [5, 5.41) is 3.30. The van der Waals surface area contributed by atoms with E-state index < -0.39 is 0 Å². The first-order valence-corrected chi connectivity index (χ1v) is 9.42. The molecule has 0 atom stereocenters. The van der Waals surface area contributed by atoms with Crippen LogP contribution in [0.1, 0.15) is 19.3 Å². The zero-order valence-electron chi connectivity index (χ0n) is 15.6. The molecule has 0 spiro atoms. The van der Waals surface area contributed by atoms with E-state index in [4.69, 9.17) is 9.47 Å². The van der Waals surface area contributed by atoms with Crippen LogP contribution in [0.3, 0.4) is 0 Å². The molecule has 4 heterocycles. The number of likely N-dealkylation sites (tertiary alicyclic amines) is 1. The van der Waals surface area contributed by atoms with Crippen molar-refractivity contribution in [2.45, 2.75) is 19.3 Å². The number of nitrogens with zero attached hydrogens (tertiary/aromatic N) is 4. The molecule has 0 radical (unpaired) electrons. The highest BCUT2D eigenvalue weighted by Gasteiger charge is 2.12. The van der Waals surface area contributed by atoms with E-state index in [1.807, 2.05) is 34.9 Å². The average molecular weight is 367 g/mol. The number of fused-ring (bicyclic) bond motifs is 1. The molecule has 3 aromatic heterocycles. The molecule has 7 nitrogen and oxygen atoms in total. The Morgan fingerprint density at radius 3 is 2.85 bits per heavy atom. The van der Waals surface area contributed by atoms with Gasteiger partial charge in [-0.1, -0.05) is 6.07 Å². The smallest absolute Gasteiger partial charge is 0.179 e. The predicted molar refractivity (Wildman–Crippen MR) is 105 cm³/mol. The lowest BCUT2D eigenvalue weighted by molar-refractivity contribution is 0.254. The Morgan fingerprint density at radius 2 is 2.00 bits per heavy atom. The van der Waals surface area contributed by atoms with Crippen LogP contribution < -0.4 is 14.8 Å². The molecule has 0 amide bonds. The summed E-state index contributed by atoms with van der Waals surface area (Å²) < 4.78 is 13.3. The highest BCUT2D eigenvalue weighted by Crippen LogP contribution is 2.29. The molecule has 0 saturated carbocycles. The molecule has 7 heteroatoms. The largest absolute Gasteiger partial charge is 0.491 e. The fraction of sp³-hybridized carbons (Fsp3) is 0.400. The lowest BCUT2D eigenvalue weighted by Gasteiger charge is -2.16. The van der Waals surface area contributed by atoms with Crippen LogP contribution in [-0.4, -0.2) is 52.6 Å². The molecule has 0 bridgehead atoms. The summed E-state index contributed by atoms with van der Waals surface area (Å²) in [4.78, 5) is 11.3. The molecule has 142 valence electrons. The van der Waals surface area contributed by atoms with Gasteiger partial charge < -0.3 is 19.7 Å². The van der Waals surface area contributed by atoms with E-state index in [1.54, 1.807) is 19.5 Å². The number of imidazole rings is 1. The molecule has 0 aliphatic carbocycles. The van der Waals surface area contributed by atoms with Gasteiger partial charge in [-0.05, 0) is 44.5 Å². The van der Waals surface area contributed by atoms with Crippen LogP contribution in [-0.2, 0) is 0 Å². The van der Waals surface area contributed by atoms with E-state index in [-0.39, 0.29) is 0 Å². The molecule has 1 aliphatic rings. The Hall–Kier alpha value is -2.80. The van der Waals surface area contributed by atoms with E-state index in [2.05, 4.69) is 20.2 Å². The Morgan fingerprint density at radius 1 is 1.11 bits per heavy atom.